The van der Waals surface area contributed by atoms with E-state index < -0.39 is 0 Å². The summed E-state index contributed by atoms with van der Waals surface area (Å²) in [5.74, 6) is 0. The van der Waals surface area contributed by atoms with Crippen LogP contribution in [0.2, 0.25) is 0 Å². The molecule has 0 aromatic carbocycles. The van der Waals surface area contributed by atoms with Gasteiger partial charge in [0.15, 0.2) is 0 Å². The Morgan fingerprint density at radius 1 is 0.474 bits per heavy atom. The van der Waals surface area contributed by atoms with Gasteiger partial charge in [0.25, 0.3) is 0 Å². The van der Waals surface area contributed by atoms with Crippen LogP contribution < -0.4 is 0 Å². The summed E-state index contributed by atoms with van der Waals surface area (Å²) >= 11 is 0. The first kappa shape index (κ1) is 19.5. The van der Waals surface area contributed by atoms with E-state index in [1.807, 2.05) is 19.8 Å². The molecule has 0 unspecified atom stereocenters. The maximum atomic E-state index is 4.94. The van der Waals surface area contributed by atoms with E-state index in [1.54, 1.807) is 0 Å². The molecule has 0 amide bonds. The summed E-state index contributed by atoms with van der Waals surface area (Å²) in [7, 11) is 0. The fraction of sp³-hybridized carbons (Fsp3) is 0.800. The van der Waals surface area contributed by atoms with Crippen LogP contribution in [0.4, 0.5) is 0 Å². The van der Waals surface area contributed by atoms with Gasteiger partial charge in [-0.05, 0) is 19.3 Å². The number of rotatable bonds is 0. The molecular formula is C15H27IrO3. The summed E-state index contributed by atoms with van der Waals surface area (Å²) in [6, 6.07) is 0. The normalized spacial score (nSPS) is 22.7. The topological polar surface area (TPSA) is 27.7 Å². The first-order valence-electron chi connectivity index (χ1n) is 7.30. The van der Waals surface area contributed by atoms with Crippen LogP contribution in [0.3, 0.4) is 0 Å². The molecule has 3 rings (SSSR count). The Balaban J connectivity index is 0.000000249. The first-order chi connectivity index (χ1) is 9.00. The molecule has 0 spiro atoms. The third-order valence-corrected chi connectivity index (χ3v) is 2.86. The van der Waals surface area contributed by atoms with E-state index in [0.29, 0.717) is 0 Å². The van der Waals surface area contributed by atoms with Crippen LogP contribution in [0.25, 0.3) is 0 Å². The molecule has 3 nitrogen and oxygen atoms in total. The van der Waals surface area contributed by atoms with Crippen LogP contribution in [-0.4, -0.2) is 19.8 Å². The predicted molar refractivity (Wildman–Crippen MR) is 72.3 cm³/mol. The summed E-state index contributed by atoms with van der Waals surface area (Å²) in [6.45, 7) is 8.51. The summed E-state index contributed by atoms with van der Waals surface area (Å²) in [4.78, 5) is 0. The van der Waals surface area contributed by atoms with Crippen LogP contribution in [-0.2, 0) is 34.3 Å². The second-order valence-corrected chi connectivity index (χ2v) is 4.60. The van der Waals surface area contributed by atoms with Gasteiger partial charge >= 0.3 is 20.1 Å². The molecule has 0 aliphatic carbocycles. The van der Waals surface area contributed by atoms with Gasteiger partial charge in [0.1, 0.15) is 0 Å². The van der Waals surface area contributed by atoms with Crippen molar-refractivity contribution in [1.29, 1.82) is 0 Å². The van der Waals surface area contributed by atoms with E-state index in [0.717, 1.165) is 39.1 Å². The van der Waals surface area contributed by atoms with Gasteiger partial charge in [-0.2, -0.15) is 19.3 Å². The van der Waals surface area contributed by atoms with Crippen LogP contribution in [0.1, 0.15) is 57.8 Å². The van der Waals surface area contributed by atoms with Gasteiger partial charge in [-0.25, -0.2) is 19.8 Å². The minimum atomic E-state index is 0. The second kappa shape index (κ2) is 16.6. The van der Waals surface area contributed by atoms with Gasteiger partial charge in [0.2, 0.25) is 0 Å². The molecule has 3 aliphatic rings. The van der Waals surface area contributed by atoms with E-state index >= 15 is 0 Å². The molecule has 0 radical (unpaired) electrons. The molecule has 0 saturated carbocycles. The number of ether oxygens (including phenoxy) is 3. The third kappa shape index (κ3) is 14.7. The molecule has 0 aromatic rings. The maximum absolute atomic E-state index is 4.94. The predicted octanol–water partition coefficient (Wildman–Crippen LogP) is 4.04. The van der Waals surface area contributed by atoms with Gasteiger partial charge in [-0.15, -0.1) is 0 Å². The van der Waals surface area contributed by atoms with Gasteiger partial charge in [-0.1, -0.05) is 19.3 Å². The van der Waals surface area contributed by atoms with Gasteiger partial charge in [0.05, 0.1) is 0 Å². The molecule has 4 heteroatoms. The van der Waals surface area contributed by atoms with Crippen LogP contribution in [0.15, 0.2) is 0 Å². The van der Waals surface area contributed by atoms with E-state index in [1.165, 1.54) is 38.5 Å². The zero-order valence-electron chi connectivity index (χ0n) is 11.8. The van der Waals surface area contributed by atoms with E-state index in [-0.39, 0.29) is 20.1 Å². The van der Waals surface area contributed by atoms with Crippen molar-refractivity contribution in [1.82, 2.24) is 0 Å². The monoisotopic (exact) mass is 448 g/mol. The first-order valence-corrected chi connectivity index (χ1v) is 7.30. The number of hydrogen-bond donors (Lipinski definition) is 0. The maximum Gasteiger partial charge on any atom is 3.00 e. The van der Waals surface area contributed by atoms with Crippen molar-refractivity contribution in [3.8, 4) is 0 Å². The Morgan fingerprint density at radius 2 is 0.789 bits per heavy atom. The van der Waals surface area contributed by atoms with Crippen LogP contribution >= 0.6 is 0 Å². The summed E-state index contributed by atoms with van der Waals surface area (Å²) < 4.78 is 14.8. The van der Waals surface area contributed by atoms with Gasteiger partial charge in [0, 0.05) is 19.8 Å². The van der Waals surface area contributed by atoms with Crippen molar-refractivity contribution >= 4 is 0 Å². The van der Waals surface area contributed by atoms with Crippen molar-refractivity contribution in [2.24, 2.45) is 0 Å². The summed E-state index contributed by atoms with van der Waals surface area (Å²) in [5, 5.41) is 0. The van der Waals surface area contributed by atoms with E-state index in [2.05, 4.69) is 0 Å². The zero-order valence-corrected chi connectivity index (χ0v) is 14.2. The van der Waals surface area contributed by atoms with Gasteiger partial charge < -0.3 is 14.2 Å². The molecule has 3 saturated heterocycles. The Kier molecular flexibility index (Phi) is 17.0. The summed E-state index contributed by atoms with van der Waals surface area (Å²) in [5.41, 5.74) is 0. The van der Waals surface area contributed by atoms with Gasteiger partial charge in [-0.3, -0.25) is 0 Å². The van der Waals surface area contributed by atoms with Crippen LogP contribution in [0, 0.1) is 19.8 Å². The quantitative estimate of drug-likeness (QED) is 0.525. The molecule has 0 N–H and O–H groups in total. The molecule has 0 bridgehead atoms. The van der Waals surface area contributed by atoms with Crippen molar-refractivity contribution in [3.05, 3.63) is 19.8 Å². The molecule has 0 aromatic heterocycles. The van der Waals surface area contributed by atoms with Crippen LogP contribution in [0.5, 0.6) is 0 Å². The summed E-state index contributed by atoms with van der Waals surface area (Å²) in [6.07, 6.45) is 11.2. The van der Waals surface area contributed by atoms with E-state index in [9.17, 15) is 0 Å². The average Bonchev–Trinajstić information content (AvgIpc) is 2.54. The SMILES string of the molecule is [CH-]1CCCCO1.[CH-]1CCCCO1.[CH-]1CCCCO1.[Ir+3]. The Bertz CT molecular complexity index is 92.4. The minimum Gasteiger partial charge on any atom is -0.552 e. The third-order valence-electron chi connectivity index (χ3n) is 2.86. The molecule has 3 fully saturated rings. The number of hydrogen-bond acceptors (Lipinski definition) is 3. The molecule has 19 heavy (non-hydrogen) atoms. The Labute approximate surface area is 132 Å². The fourth-order valence-electron chi connectivity index (χ4n) is 1.74. The van der Waals surface area contributed by atoms with E-state index in [4.69, 9.17) is 14.2 Å². The largest absolute Gasteiger partial charge is 3.00 e. The molecule has 3 aliphatic heterocycles. The zero-order chi connectivity index (χ0) is 12.7. The van der Waals surface area contributed by atoms with Crippen molar-refractivity contribution in [3.63, 3.8) is 0 Å². The molecule has 3 heterocycles. The minimum absolute atomic E-state index is 0. The van der Waals surface area contributed by atoms with Crippen molar-refractivity contribution in [2.75, 3.05) is 19.8 Å². The van der Waals surface area contributed by atoms with Crippen molar-refractivity contribution in [2.45, 2.75) is 57.8 Å². The average molecular weight is 448 g/mol. The fourth-order valence-corrected chi connectivity index (χ4v) is 1.74. The standard InChI is InChI=1S/3C5H9O.Ir/c3*1-2-4-6-5-3-1;/h3*4H,1-3,5H2;/q3*-1;+3. The Morgan fingerprint density at radius 3 is 0.842 bits per heavy atom. The Hall–Kier alpha value is 0.529. The molecule has 0 atom stereocenters. The molecular weight excluding hydrogens is 420 g/mol. The molecule has 114 valence electrons. The van der Waals surface area contributed by atoms with Crippen molar-refractivity contribution < 1.29 is 34.3 Å². The second-order valence-electron chi connectivity index (χ2n) is 4.60. The smallest absolute Gasteiger partial charge is 0.552 e.